The molecule has 1 atom stereocenters. The summed E-state index contributed by atoms with van der Waals surface area (Å²) in [4.78, 5) is 17.8. The predicted octanol–water partition coefficient (Wildman–Crippen LogP) is 5.96. The van der Waals surface area contributed by atoms with E-state index in [4.69, 9.17) is 18.8 Å². The first-order chi connectivity index (χ1) is 11.8. The summed E-state index contributed by atoms with van der Waals surface area (Å²) < 4.78 is 37.8. The van der Waals surface area contributed by atoms with Gasteiger partial charge in [0.05, 0.1) is 13.2 Å². The van der Waals surface area contributed by atoms with Crippen molar-refractivity contribution in [2.45, 2.75) is 90.9 Å². The van der Waals surface area contributed by atoms with Gasteiger partial charge in [0.1, 0.15) is 0 Å². The van der Waals surface area contributed by atoms with Crippen LogP contribution in [0.4, 0.5) is 0 Å². The van der Waals surface area contributed by atoms with Gasteiger partial charge < -0.3 is 9.79 Å². The lowest BCUT2D eigenvalue weighted by Gasteiger charge is -2.18. The first-order valence-corrected chi connectivity index (χ1v) is 12.5. The minimum atomic E-state index is -4.94. The lowest BCUT2D eigenvalue weighted by Crippen LogP contribution is -2.02. The molecule has 0 amide bonds. The summed E-state index contributed by atoms with van der Waals surface area (Å²) in [6.07, 6.45) is 12.2. The van der Waals surface area contributed by atoms with Crippen LogP contribution in [-0.2, 0) is 22.5 Å². The normalized spacial score (nSPS) is 14.6. The number of hydrogen-bond donors (Lipinski definition) is 2. The van der Waals surface area contributed by atoms with Crippen molar-refractivity contribution in [2.24, 2.45) is 0 Å². The molecule has 0 aliphatic rings. The Morgan fingerprint density at radius 3 is 1.36 bits per heavy atom. The molecule has 0 heterocycles. The highest BCUT2D eigenvalue weighted by Crippen LogP contribution is 2.61. The van der Waals surface area contributed by atoms with Crippen molar-refractivity contribution in [2.75, 3.05) is 13.2 Å². The molecular weight excluding hydrogens is 366 g/mol. The number of hydrogen-bond acceptors (Lipinski definition) is 5. The van der Waals surface area contributed by atoms with Crippen molar-refractivity contribution in [1.82, 2.24) is 0 Å². The Hall–Kier alpha value is 0.260. The van der Waals surface area contributed by atoms with Gasteiger partial charge in [-0.2, -0.15) is 4.31 Å². The molecule has 2 N–H and O–H groups in total. The van der Waals surface area contributed by atoms with E-state index in [1.165, 1.54) is 19.3 Å². The number of unbranched alkanes of at least 4 members (excludes halogenated alkanes) is 10. The summed E-state index contributed by atoms with van der Waals surface area (Å²) in [5, 5.41) is 0. The zero-order valence-corrected chi connectivity index (χ0v) is 17.5. The van der Waals surface area contributed by atoms with E-state index in [1.54, 1.807) is 0 Å². The van der Waals surface area contributed by atoms with E-state index in [0.29, 0.717) is 12.8 Å². The summed E-state index contributed by atoms with van der Waals surface area (Å²) in [5.41, 5.74) is 0. The van der Waals surface area contributed by atoms with Gasteiger partial charge in [-0.1, -0.05) is 78.1 Å². The maximum Gasteiger partial charge on any atom is 0.483 e. The van der Waals surface area contributed by atoms with E-state index in [0.717, 1.165) is 44.9 Å². The van der Waals surface area contributed by atoms with Gasteiger partial charge in [-0.25, -0.2) is 9.13 Å². The largest absolute Gasteiger partial charge is 0.483 e. The monoisotopic (exact) mass is 402 g/mol. The Morgan fingerprint density at radius 2 is 1.00 bits per heavy atom. The van der Waals surface area contributed by atoms with Gasteiger partial charge in [0.2, 0.25) is 0 Å². The zero-order valence-electron chi connectivity index (χ0n) is 15.7. The number of phosphoric acid groups is 2. The highest BCUT2D eigenvalue weighted by atomic mass is 31.3. The van der Waals surface area contributed by atoms with E-state index in [1.807, 2.05) is 0 Å². The van der Waals surface area contributed by atoms with Gasteiger partial charge in [-0.15, -0.1) is 0 Å². The second-order valence-electron chi connectivity index (χ2n) is 6.22. The molecule has 0 aromatic rings. The third-order valence-corrected chi connectivity index (χ3v) is 6.35. The number of phosphoric ester groups is 1. The van der Waals surface area contributed by atoms with Gasteiger partial charge in [0.25, 0.3) is 0 Å². The van der Waals surface area contributed by atoms with Gasteiger partial charge in [0, 0.05) is 0 Å². The molecule has 7 nitrogen and oxygen atoms in total. The molecule has 25 heavy (non-hydrogen) atoms. The summed E-state index contributed by atoms with van der Waals surface area (Å²) >= 11 is 0. The first kappa shape index (κ1) is 25.3. The lowest BCUT2D eigenvalue weighted by atomic mass is 10.1. The Bertz CT molecular complexity index is 398. The minimum absolute atomic E-state index is 0.0952. The van der Waals surface area contributed by atoms with Crippen LogP contribution >= 0.6 is 15.6 Å². The van der Waals surface area contributed by atoms with E-state index in [2.05, 4.69) is 18.2 Å². The molecule has 0 aliphatic heterocycles. The Kier molecular flexibility index (Phi) is 15.5. The molecule has 0 aliphatic carbocycles. The summed E-state index contributed by atoms with van der Waals surface area (Å²) in [5.74, 6) is 0. The molecule has 0 saturated carbocycles. The fraction of sp³-hybridized carbons (Fsp3) is 1.00. The predicted molar refractivity (Wildman–Crippen MR) is 99.4 cm³/mol. The number of rotatable bonds is 18. The third kappa shape index (κ3) is 17.4. The van der Waals surface area contributed by atoms with Crippen LogP contribution in [0.2, 0.25) is 0 Å². The van der Waals surface area contributed by atoms with Crippen molar-refractivity contribution in [1.29, 1.82) is 0 Å². The van der Waals surface area contributed by atoms with Crippen LogP contribution < -0.4 is 0 Å². The molecular formula is C16H36O7P2. The molecule has 0 bridgehead atoms. The minimum Gasteiger partial charge on any atom is -0.302 e. The van der Waals surface area contributed by atoms with Crippen molar-refractivity contribution in [3.05, 3.63) is 0 Å². The van der Waals surface area contributed by atoms with Crippen LogP contribution in [-0.4, -0.2) is 23.0 Å². The molecule has 1 unspecified atom stereocenters. The van der Waals surface area contributed by atoms with Crippen LogP contribution in [0.25, 0.3) is 0 Å². The molecule has 0 spiro atoms. The standard InChI is InChI=1S/C16H36O7P2/c1-3-5-7-9-10-12-14-16-22-25(20,23-24(17,18)19)21-15-13-11-8-6-4-2/h3-16H2,1-2H3,(H2,17,18,19). The van der Waals surface area contributed by atoms with Gasteiger partial charge >= 0.3 is 15.6 Å². The quantitative estimate of drug-likeness (QED) is 0.215. The van der Waals surface area contributed by atoms with Gasteiger partial charge in [0.15, 0.2) is 0 Å². The van der Waals surface area contributed by atoms with Crippen LogP contribution in [0.5, 0.6) is 0 Å². The summed E-state index contributed by atoms with van der Waals surface area (Å²) in [7, 11) is -9.17. The molecule has 0 saturated heterocycles. The average Bonchev–Trinajstić information content (AvgIpc) is 2.52. The fourth-order valence-corrected chi connectivity index (χ4v) is 4.53. The SMILES string of the molecule is CCCCCCCCCOP(=O)(OCCCCCCC)OP(=O)(O)O. The molecule has 0 aromatic heterocycles. The lowest BCUT2D eigenvalue weighted by molar-refractivity contribution is 0.136. The van der Waals surface area contributed by atoms with Crippen molar-refractivity contribution in [3.63, 3.8) is 0 Å². The van der Waals surface area contributed by atoms with E-state index < -0.39 is 15.6 Å². The maximum atomic E-state index is 12.3. The van der Waals surface area contributed by atoms with Crippen LogP contribution in [0, 0.1) is 0 Å². The van der Waals surface area contributed by atoms with Crippen LogP contribution in [0.1, 0.15) is 90.9 Å². The zero-order chi connectivity index (χ0) is 19.0. The topological polar surface area (TPSA) is 102 Å². The third-order valence-electron chi connectivity index (χ3n) is 3.70. The Morgan fingerprint density at radius 1 is 0.640 bits per heavy atom. The average molecular weight is 402 g/mol. The highest BCUT2D eigenvalue weighted by molar-refractivity contribution is 7.61. The van der Waals surface area contributed by atoms with Crippen molar-refractivity contribution < 1.29 is 32.3 Å². The molecule has 0 aromatic carbocycles. The van der Waals surface area contributed by atoms with E-state index >= 15 is 0 Å². The Labute approximate surface area is 152 Å². The van der Waals surface area contributed by atoms with Crippen LogP contribution in [0.15, 0.2) is 0 Å². The van der Waals surface area contributed by atoms with E-state index in [9.17, 15) is 9.13 Å². The summed E-state index contributed by atoms with van der Waals surface area (Å²) in [6.45, 7) is 4.46. The molecule has 0 rings (SSSR count). The second-order valence-corrected chi connectivity index (χ2v) is 9.27. The van der Waals surface area contributed by atoms with Gasteiger partial charge in [-0.05, 0) is 12.8 Å². The Balaban J connectivity index is 4.07. The molecule has 0 fully saturated rings. The van der Waals surface area contributed by atoms with Crippen molar-refractivity contribution in [3.8, 4) is 0 Å². The molecule has 9 heteroatoms. The molecule has 152 valence electrons. The smallest absolute Gasteiger partial charge is 0.302 e. The first-order valence-electron chi connectivity index (χ1n) is 9.49. The van der Waals surface area contributed by atoms with Crippen LogP contribution in [0.3, 0.4) is 0 Å². The van der Waals surface area contributed by atoms with Gasteiger partial charge in [-0.3, -0.25) is 9.05 Å². The summed E-state index contributed by atoms with van der Waals surface area (Å²) in [6, 6.07) is 0. The second kappa shape index (κ2) is 15.3. The van der Waals surface area contributed by atoms with E-state index in [-0.39, 0.29) is 13.2 Å². The van der Waals surface area contributed by atoms with Crippen molar-refractivity contribution >= 4 is 15.6 Å². The highest BCUT2D eigenvalue weighted by Gasteiger charge is 2.35. The molecule has 0 radical (unpaired) electrons. The fourth-order valence-electron chi connectivity index (χ4n) is 2.33. The maximum absolute atomic E-state index is 12.3.